The van der Waals surface area contributed by atoms with Gasteiger partial charge in [-0.05, 0) is 31.2 Å². The Labute approximate surface area is 123 Å². The lowest BCUT2D eigenvalue weighted by atomic mass is 10.2. The average Bonchev–Trinajstić information content (AvgIpc) is 2.48. The number of aliphatic hydroxyl groups excluding tert-OH is 1. The van der Waals surface area contributed by atoms with Crippen LogP contribution in [0.1, 0.15) is 6.92 Å². The van der Waals surface area contributed by atoms with Crippen LogP contribution in [0.2, 0.25) is 5.02 Å². The molecule has 6 heteroatoms. The van der Waals surface area contributed by atoms with Crippen molar-refractivity contribution in [2.75, 3.05) is 26.4 Å². The van der Waals surface area contributed by atoms with E-state index in [0.717, 1.165) is 0 Å². The zero-order valence-corrected chi connectivity index (χ0v) is 12.0. The number of rotatable bonds is 4. The molecule has 0 spiro atoms. The summed E-state index contributed by atoms with van der Waals surface area (Å²) in [7, 11) is 0. The van der Waals surface area contributed by atoms with Crippen LogP contribution in [-0.4, -0.2) is 54.4 Å². The molecule has 1 aromatic carbocycles. The Morgan fingerprint density at radius 2 is 2.25 bits per heavy atom. The zero-order valence-electron chi connectivity index (χ0n) is 11.3. The molecule has 1 N–H and O–H groups in total. The molecule has 1 heterocycles. The first-order valence-electron chi connectivity index (χ1n) is 6.53. The van der Waals surface area contributed by atoms with Gasteiger partial charge < -0.3 is 19.5 Å². The topological polar surface area (TPSA) is 59.0 Å². The van der Waals surface area contributed by atoms with Crippen molar-refractivity contribution < 1.29 is 19.4 Å². The van der Waals surface area contributed by atoms with Gasteiger partial charge in [0.25, 0.3) is 5.91 Å². The summed E-state index contributed by atoms with van der Waals surface area (Å²) in [5, 5.41) is 9.90. The molecule has 0 radical (unpaired) electrons. The van der Waals surface area contributed by atoms with Crippen LogP contribution in [-0.2, 0) is 9.53 Å². The van der Waals surface area contributed by atoms with Crippen molar-refractivity contribution in [3.8, 4) is 5.75 Å². The zero-order chi connectivity index (χ0) is 14.5. The van der Waals surface area contributed by atoms with E-state index in [1.807, 2.05) is 0 Å². The summed E-state index contributed by atoms with van der Waals surface area (Å²) < 4.78 is 10.9. The molecule has 5 nitrogen and oxygen atoms in total. The van der Waals surface area contributed by atoms with Gasteiger partial charge in [-0.2, -0.15) is 0 Å². The molecule has 1 amide bonds. The van der Waals surface area contributed by atoms with Crippen molar-refractivity contribution in [1.82, 2.24) is 4.90 Å². The Morgan fingerprint density at radius 1 is 1.55 bits per heavy atom. The molecule has 1 aliphatic rings. The maximum absolute atomic E-state index is 12.3. The van der Waals surface area contributed by atoms with E-state index >= 15 is 0 Å². The lowest BCUT2D eigenvalue weighted by Gasteiger charge is -2.35. The number of ether oxygens (including phenoxy) is 2. The van der Waals surface area contributed by atoms with E-state index in [-0.39, 0.29) is 18.6 Å². The largest absolute Gasteiger partial charge is 0.481 e. The molecule has 0 aromatic heterocycles. The molecule has 1 fully saturated rings. The van der Waals surface area contributed by atoms with E-state index in [0.29, 0.717) is 30.5 Å². The lowest BCUT2D eigenvalue weighted by molar-refractivity contribution is -0.148. The van der Waals surface area contributed by atoms with E-state index < -0.39 is 6.10 Å². The van der Waals surface area contributed by atoms with Gasteiger partial charge in [-0.3, -0.25) is 4.79 Å². The standard InChI is InChI=1S/C14H18ClNO4/c1-10(20-13-4-2-11(15)3-5-13)14(18)16-6-7-19-9-12(16)8-17/h2-5,10,12,17H,6-9H2,1H3. The van der Waals surface area contributed by atoms with Crippen molar-refractivity contribution in [2.45, 2.75) is 19.1 Å². The first kappa shape index (κ1) is 15.1. The van der Waals surface area contributed by atoms with Gasteiger partial charge in [0, 0.05) is 11.6 Å². The van der Waals surface area contributed by atoms with E-state index in [1.165, 1.54) is 0 Å². The number of amides is 1. The maximum atomic E-state index is 12.3. The number of hydrogen-bond donors (Lipinski definition) is 1. The number of carbonyl (C=O) groups is 1. The summed E-state index contributed by atoms with van der Waals surface area (Å²) in [5.41, 5.74) is 0. The van der Waals surface area contributed by atoms with E-state index in [4.69, 9.17) is 21.1 Å². The second-order valence-electron chi connectivity index (χ2n) is 4.66. The summed E-state index contributed by atoms with van der Waals surface area (Å²) in [6.07, 6.45) is -0.622. The third-order valence-electron chi connectivity index (χ3n) is 3.20. The summed E-state index contributed by atoms with van der Waals surface area (Å²) in [4.78, 5) is 14.0. The number of carbonyl (C=O) groups excluding carboxylic acids is 1. The van der Waals surface area contributed by atoms with Crippen LogP contribution in [0.25, 0.3) is 0 Å². The van der Waals surface area contributed by atoms with Crippen LogP contribution in [0.15, 0.2) is 24.3 Å². The van der Waals surface area contributed by atoms with E-state index in [1.54, 1.807) is 36.1 Å². The SMILES string of the molecule is CC(Oc1ccc(Cl)cc1)C(=O)N1CCOCC1CO. The molecule has 2 rings (SSSR count). The lowest BCUT2D eigenvalue weighted by Crippen LogP contribution is -2.54. The Balaban J connectivity index is 1.98. The Hall–Kier alpha value is -1.30. The molecule has 20 heavy (non-hydrogen) atoms. The molecule has 1 aromatic rings. The van der Waals surface area contributed by atoms with Gasteiger partial charge >= 0.3 is 0 Å². The van der Waals surface area contributed by atoms with Crippen molar-refractivity contribution in [3.63, 3.8) is 0 Å². The second-order valence-corrected chi connectivity index (χ2v) is 5.09. The highest BCUT2D eigenvalue weighted by Crippen LogP contribution is 2.18. The highest BCUT2D eigenvalue weighted by molar-refractivity contribution is 6.30. The van der Waals surface area contributed by atoms with Gasteiger partial charge in [0.15, 0.2) is 6.10 Å². The molecule has 1 saturated heterocycles. The second kappa shape index (κ2) is 6.92. The highest BCUT2D eigenvalue weighted by atomic mass is 35.5. The van der Waals surface area contributed by atoms with Gasteiger partial charge in [0.05, 0.1) is 25.9 Å². The van der Waals surface area contributed by atoms with Crippen LogP contribution in [0, 0.1) is 0 Å². The highest BCUT2D eigenvalue weighted by Gasteiger charge is 2.30. The van der Waals surface area contributed by atoms with E-state index in [2.05, 4.69) is 0 Å². The van der Waals surface area contributed by atoms with Crippen LogP contribution >= 0.6 is 11.6 Å². The average molecular weight is 300 g/mol. The van der Waals surface area contributed by atoms with Gasteiger partial charge in [-0.15, -0.1) is 0 Å². The third kappa shape index (κ3) is 3.62. The first-order valence-corrected chi connectivity index (χ1v) is 6.91. The summed E-state index contributed by atoms with van der Waals surface area (Å²) in [6.45, 7) is 2.89. The molecule has 110 valence electrons. The molecule has 2 unspecified atom stereocenters. The molecule has 0 saturated carbocycles. The smallest absolute Gasteiger partial charge is 0.263 e. The summed E-state index contributed by atoms with van der Waals surface area (Å²) >= 11 is 5.80. The number of aliphatic hydroxyl groups is 1. The predicted octanol–water partition coefficient (Wildman–Crippen LogP) is 1.33. The van der Waals surface area contributed by atoms with Crippen LogP contribution in [0.4, 0.5) is 0 Å². The maximum Gasteiger partial charge on any atom is 0.263 e. The van der Waals surface area contributed by atoms with Crippen molar-refractivity contribution >= 4 is 17.5 Å². The Bertz CT molecular complexity index is 451. The van der Waals surface area contributed by atoms with E-state index in [9.17, 15) is 9.90 Å². The number of hydrogen-bond acceptors (Lipinski definition) is 4. The Kier molecular flexibility index (Phi) is 5.23. The fraction of sp³-hybridized carbons (Fsp3) is 0.500. The molecule has 2 atom stereocenters. The first-order chi connectivity index (χ1) is 9.61. The van der Waals surface area contributed by atoms with Crippen LogP contribution < -0.4 is 4.74 Å². The van der Waals surface area contributed by atoms with Crippen LogP contribution in [0.3, 0.4) is 0 Å². The van der Waals surface area contributed by atoms with Gasteiger partial charge in [-0.1, -0.05) is 11.6 Å². The fourth-order valence-electron chi connectivity index (χ4n) is 2.10. The minimum Gasteiger partial charge on any atom is -0.481 e. The predicted molar refractivity (Wildman–Crippen MR) is 74.9 cm³/mol. The van der Waals surface area contributed by atoms with Crippen molar-refractivity contribution in [3.05, 3.63) is 29.3 Å². The van der Waals surface area contributed by atoms with Gasteiger partial charge in [0.2, 0.25) is 0 Å². The molecule has 0 aliphatic carbocycles. The minimum absolute atomic E-state index is 0.112. The number of morpholine rings is 1. The normalized spacial score (nSPS) is 20.6. The van der Waals surface area contributed by atoms with Crippen molar-refractivity contribution in [1.29, 1.82) is 0 Å². The summed E-state index contributed by atoms with van der Waals surface area (Å²) in [6, 6.07) is 6.55. The summed E-state index contributed by atoms with van der Waals surface area (Å²) in [5.74, 6) is 0.436. The minimum atomic E-state index is -0.622. The monoisotopic (exact) mass is 299 g/mol. The molecular formula is C14H18ClNO4. The quantitative estimate of drug-likeness (QED) is 0.911. The Morgan fingerprint density at radius 3 is 2.90 bits per heavy atom. The number of benzene rings is 1. The number of nitrogens with zero attached hydrogens (tertiary/aromatic N) is 1. The number of halogens is 1. The van der Waals surface area contributed by atoms with Crippen LogP contribution in [0.5, 0.6) is 5.75 Å². The van der Waals surface area contributed by atoms with Gasteiger partial charge in [-0.25, -0.2) is 0 Å². The molecular weight excluding hydrogens is 282 g/mol. The third-order valence-corrected chi connectivity index (χ3v) is 3.45. The fourth-order valence-corrected chi connectivity index (χ4v) is 2.22. The molecule has 0 bridgehead atoms. The molecule has 1 aliphatic heterocycles. The van der Waals surface area contributed by atoms with Crippen molar-refractivity contribution in [2.24, 2.45) is 0 Å². The van der Waals surface area contributed by atoms with Gasteiger partial charge in [0.1, 0.15) is 5.75 Å².